The van der Waals surface area contributed by atoms with Gasteiger partial charge >= 0.3 is 0 Å². The summed E-state index contributed by atoms with van der Waals surface area (Å²) in [5.41, 5.74) is 1.19. The number of hydrogen-bond acceptors (Lipinski definition) is 3. The monoisotopic (exact) mass is 246 g/mol. The molecule has 1 aliphatic rings. The molecule has 0 saturated carbocycles. The Labute approximate surface area is 109 Å². The highest BCUT2D eigenvalue weighted by Gasteiger charge is 2.35. The van der Waals surface area contributed by atoms with Gasteiger partial charge in [0.25, 0.3) is 0 Å². The van der Waals surface area contributed by atoms with Gasteiger partial charge in [-0.2, -0.15) is 0 Å². The van der Waals surface area contributed by atoms with Crippen LogP contribution in [0.2, 0.25) is 0 Å². The van der Waals surface area contributed by atoms with Gasteiger partial charge in [0, 0.05) is 24.8 Å². The first-order valence-corrected chi connectivity index (χ1v) is 6.82. The smallest absolute Gasteiger partial charge is 0.159 e. The maximum Gasteiger partial charge on any atom is 0.159 e. The van der Waals surface area contributed by atoms with Crippen LogP contribution in [0.1, 0.15) is 50.4 Å². The second-order valence-electron chi connectivity index (χ2n) is 5.34. The molecule has 0 unspecified atom stereocenters. The number of Topliss-reactive ketones (excluding diaryl/α,β-unsaturated/α-hetero) is 1. The van der Waals surface area contributed by atoms with Crippen LogP contribution in [0.3, 0.4) is 0 Å². The fourth-order valence-corrected chi connectivity index (χ4v) is 2.77. The second-order valence-corrected chi connectivity index (χ2v) is 5.34. The van der Waals surface area contributed by atoms with Crippen molar-refractivity contribution in [2.45, 2.75) is 40.0 Å². The van der Waals surface area contributed by atoms with E-state index in [1.54, 1.807) is 19.2 Å². The molecule has 0 radical (unpaired) electrons. The molecule has 0 amide bonds. The van der Waals surface area contributed by atoms with Gasteiger partial charge in [-0.3, -0.25) is 4.79 Å². The number of aromatic nitrogens is 1. The van der Waals surface area contributed by atoms with Crippen LogP contribution in [-0.4, -0.2) is 23.9 Å². The molecule has 0 atom stereocenters. The number of anilines is 1. The maximum absolute atomic E-state index is 11.4. The molecule has 98 valence electrons. The molecule has 0 N–H and O–H groups in total. The van der Waals surface area contributed by atoms with Gasteiger partial charge in [-0.15, -0.1) is 0 Å². The van der Waals surface area contributed by atoms with Gasteiger partial charge < -0.3 is 4.90 Å². The lowest BCUT2D eigenvalue weighted by molar-refractivity contribution is 0.101. The molecule has 0 aliphatic carbocycles. The van der Waals surface area contributed by atoms with Crippen LogP contribution in [0.5, 0.6) is 0 Å². The SMILES string of the molecule is CCC1(CC)CCN(c2cc(C(C)=O)ccn2)C1. The average Bonchev–Trinajstić information content (AvgIpc) is 2.84. The number of carbonyl (C=O) groups is 1. The van der Waals surface area contributed by atoms with Crippen molar-refractivity contribution in [1.82, 2.24) is 4.98 Å². The molecular formula is C15H22N2O. The number of ketones is 1. The zero-order valence-corrected chi connectivity index (χ0v) is 11.6. The van der Waals surface area contributed by atoms with E-state index < -0.39 is 0 Å². The summed E-state index contributed by atoms with van der Waals surface area (Å²) >= 11 is 0. The van der Waals surface area contributed by atoms with Crippen molar-refractivity contribution in [3.63, 3.8) is 0 Å². The van der Waals surface area contributed by atoms with Crippen molar-refractivity contribution in [2.75, 3.05) is 18.0 Å². The molecule has 18 heavy (non-hydrogen) atoms. The van der Waals surface area contributed by atoms with Crippen LogP contribution >= 0.6 is 0 Å². The Morgan fingerprint density at radius 2 is 2.17 bits per heavy atom. The third kappa shape index (κ3) is 2.40. The topological polar surface area (TPSA) is 33.2 Å². The Hall–Kier alpha value is -1.38. The standard InChI is InChI=1S/C15H22N2O/c1-4-15(5-2)7-9-17(11-15)14-10-13(12(3)18)6-8-16-14/h6,8,10H,4-5,7,9,11H2,1-3H3. The van der Waals surface area contributed by atoms with E-state index in [-0.39, 0.29) is 5.78 Å². The van der Waals surface area contributed by atoms with Crippen LogP contribution in [0.15, 0.2) is 18.3 Å². The van der Waals surface area contributed by atoms with Gasteiger partial charge in [0.15, 0.2) is 5.78 Å². The van der Waals surface area contributed by atoms with E-state index >= 15 is 0 Å². The normalized spacial score (nSPS) is 18.1. The Balaban J connectivity index is 2.19. The van der Waals surface area contributed by atoms with E-state index in [0.29, 0.717) is 5.41 Å². The number of rotatable bonds is 4. The number of carbonyl (C=O) groups excluding carboxylic acids is 1. The molecule has 3 nitrogen and oxygen atoms in total. The zero-order chi connectivity index (χ0) is 13.2. The minimum absolute atomic E-state index is 0.107. The second kappa shape index (κ2) is 5.09. The third-order valence-electron chi connectivity index (χ3n) is 4.41. The quantitative estimate of drug-likeness (QED) is 0.764. The average molecular weight is 246 g/mol. The number of pyridine rings is 1. The summed E-state index contributed by atoms with van der Waals surface area (Å²) in [5.74, 6) is 1.06. The first-order chi connectivity index (χ1) is 8.60. The molecular weight excluding hydrogens is 224 g/mol. The van der Waals surface area contributed by atoms with E-state index in [9.17, 15) is 4.79 Å². The summed E-state index contributed by atoms with van der Waals surface area (Å²) < 4.78 is 0. The molecule has 1 fully saturated rings. The summed E-state index contributed by atoms with van der Waals surface area (Å²) in [5, 5.41) is 0. The third-order valence-corrected chi connectivity index (χ3v) is 4.41. The van der Waals surface area contributed by atoms with Gasteiger partial charge in [0.1, 0.15) is 5.82 Å². The predicted octanol–water partition coefficient (Wildman–Crippen LogP) is 3.30. The zero-order valence-electron chi connectivity index (χ0n) is 11.6. The number of hydrogen-bond donors (Lipinski definition) is 0. The molecule has 3 heteroatoms. The van der Waals surface area contributed by atoms with E-state index in [4.69, 9.17) is 0 Å². The molecule has 0 spiro atoms. The van der Waals surface area contributed by atoms with E-state index in [1.165, 1.54) is 19.3 Å². The lowest BCUT2D eigenvalue weighted by atomic mass is 9.82. The first kappa shape index (κ1) is 13.1. The maximum atomic E-state index is 11.4. The highest BCUT2D eigenvalue weighted by Crippen LogP contribution is 2.38. The summed E-state index contributed by atoms with van der Waals surface area (Å²) in [6, 6.07) is 3.71. The van der Waals surface area contributed by atoms with Crippen molar-refractivity contribution in [3.8, 4) is 0 Å². The lowest BCUT2D eigenvalue weighted by Gasteiger charge is -2.26. The summed E-state index contributed by atoms with van der Waals surface area (Å²) in [7, 11) is 0. The van der Waals surface area contributed by atoms with Gasteiger partial charge in [-0.05, 0) is 43.7 Å². The van der Waals surface area contributed by atoms with Crippen molar-refractivity contribution < 1.29 is 4.79 Å². The lowest BCUT2D eigenvalue weighted by Crippen LogP contribution is -2.26. The van der Waals surface area contributed by atoms with E-state index in [2.05, 4.69) is 23.7 Å². The molecule has 1 aromatic rings. The van der Waals surface area contributed by atoms with Crippen molar-refractivity contribution in [2.24, 2.45) is 5.41 Å². The van der Waals surface area contributed by atoms with E-state index in [0.717, 1.165) is 24.5 Å². The van der Waals surface area contributed by atoms with Crippen molar-refractivity contribution in [3.05, 3.63) is 23.9 Å². The van der Waals surface area contributed by atoms with Gasteiger partial charge in [0.2, 0.25) is 0 Å². The minimum atomic E-state index is 0.107. The summed E-state index contributed by atoms with van der Waals surface area (Å²) in [6.07, 6.45) is 5.40. The first-order valence-electron chi connectivity index (χ1n) is 6.82. The molecule has 0 bridgehead atoms. The van der Waals surface area contributed by atoms with Crippen molar-refractivity contribution in [1.29, 1.82) is 0 Å². The predicted molar refractivity (Wildman–Crippen MR) is 74.1 cm³/mol. The Bertz CT molecular complexity index is 438. The minimum Gasteiger partial charge on any atom is -0.356 e. The van der Waals surface area contributed by atoms with Gasteiger partial charge in [0.05, 0.1) is 0 Å². The Kier molecular flexibility index (Phi) is 3.69. The largest absolute Gasteiger partial charge is 0.356 e. The Morgan fingerprint density at radius 3 is 2.72 bits per heavy atom. The van der Waals surface area contributed by atoms with Crippen LogP contribution < -0.4 is 4.90 Å². The van der Waals surface area contributed by atoms with Crippen LogP contribution in [0.25, 0.3) is 0 Å². The fraction of sp³-hybridized carbons (Fsp3) is 0.600. The molecule has 1 aromatic heterocycles. The Morgan fingerprint density at radius 1 is 1.44 bits per heavy atom. The number of nitrogens with zero attached hydrogens (tertiary/aromatic N) is 2. The fourth-order valence-electron chi connectivity index (χ4n) is 2.77. The summed E-state index contributed by atoms with van der Waals surface area (Å²) in [6.45, 7) is 8.26. The van der Waals surface area contributed by atoms with Crippen LogP contribution in [0.4, 0.5) is 5.82 Å². The van der Waals surface area contributed by atoms with Gasteiger partial charge in [-0.1, -0.05) is 13.8 Å². The molecule has 0 aromatic carbocycles. The van der Waals surface area contributed by atoms with E-state index in [1.807, 2.05) is 6.07 Å². The molecule has 2 rings (SSSR count). The van der Waals surface area contributed by atoms with Crippen molar-refractivity contribution >= 4 is 11.6 Å². The van der Waals surface area contributed by atoms with Crippen LogP contribution in [-0.2, 0) is 0 Å². The highest BCUT2D eigenvalue weighted by molar-refractivity contribution is 5.94. The molecule has 2 heterocycles. The highest BCUT2D eigenvalue weighted by atomic mass is 16.1. The molecule has 1 aliphatic heterocycles. The molecule has 1 saturated heterocycles. The van der Waals surface area contributed by atoms with Crippen LogP contribution in [0, 0.1) is 5.41 Å². The van der Waals surface area contributed by atoms with Gasteiger partial charge in [-0.25, -0.2) is 4.98 Å². The summed E-state index contributed by atoms with van der Waals surface area (Å²) in [4.78, 5) is 18.1.